The van der Waals surface area contributed by atoms with E-state index in [0.717, 1.165) is 12.8 Å². The van der Waals surface area contributed by atoms with Crippen molar-refractivity contribution in [2.75, 3.05) is 0 Å². The van der Waals surface area contributed by atoms with Crippen LogP contribution in [0.5, 0.6) is 0 Å². The zero-order valence-corrected chi connectivity index (χ0v) is 11.7. The molecule has 2 nitrogen and oxygen atoms in total. The van der Waals surface area contributed by atoms with Crippen molar-refractivity contribution >= 4 is 8.07 Å². The summed E-state index contributed by atoms with van der Waals surface area (Å²) in [6.07, 6.45) is 6.38. The topological polar surface area (TPSA) is 47.6 Å². The molecular weight excluding hydrogens is 224 g/mol. The van der Waals surface area contributed by atoms with Crippen LogP contribution in [0.25, 0.3) is 0 Å². The van der Waals surface area contributed by atoms with E-state index in [1.54, 1.807) is 0 Å². The van der Waals surface area contributed by atoms with E-state index in [1.807, 2.05) is 0 Å². The Morgan fingerprint density at radius 1 is 1.00 bits per heavy atom. The van der Waals surface area contributed by atoms with Crippen molar-refractivity contribution in [3.05, 3.63) is 12.2 Å². The molecule has 2 saturated carbocycles. The van der Waals surface area contributed by atoms with E-state index in [2.05, 4.69) is 43.9 Å². The van der Waals surface area contributed by atoms with Crippen molar-refractivity contribution < 1.29 is 0 Å². The lowest BCUT2D eigenvalue weighted by Gasteiger charge is -2.51. The molecule has 0 heterocycles. The number of fused-ring (bicyclic) bond motifs is 5. The molecule has 88 valence electrons. The van der Waals surface area contributed by atoms with Gasteiger partial charge in [-0.05, 0) is 30.2 Å². The van der Waals surface area contributed by atoms with Crippen molar-refractivity contribution in [1.82, 2.24) is 0 Å². The molecule has 3 aliphatic rings. The number of rotatable bonds is 1. The molecule has 2 fully saturated rings. The summed E-state index contributed by atoms with van der Waals surface area (Å²) >= 11 is 0. The highest BCUT2D eigenvalue weighted by molar-refractivity contribution is 6.77. The van der Waals surface area contributed by atoms with Crippen LogP contribution in [0.15, 0.2) is 12.2 Å². The molecule has 3 heteroatoms. The highest BCUT2D eigenvalue weighted by Gasteiger charge is 2.77. The van der Waals surface area contributed by atoms with Crippen molar-refractivity contribution in [2.45, 2.75) is 38.0 Å². The van der Waals surface area contributed by atoms with Crippen molar-refractivity contribution in [3.8, 4) is 12.1 Å². The minimum atomic E-state index is -1.32. The van der Waals surface area contributed by atoms with Gasteiger partial charge in [-0.2, -0.15) is 10.5 Å². The molecule has 0 aromatic heterocycles. The highest BCUT2D eigenvalue weighted by Crippen LogP contribution is 2.78. The molecular formula is C14H18N2Si. The fraction of sp³-hybridized carbons (Fsp3) is 0.714. The summed E-state index contributed by atoms with van der Waals surface area (Å²) in [6, 6.07) is 5.10. The Balaban J connectivity index is 2.16. The van der Waals surface area contributed by atoms with Gasteiger partial charge in [-0.3, -0.25) is 0 Å². The number of nitrogens with zero attached hydrogens (tertiary/aromatic N) is 2. The van der Waals surface area contributed by atoms with Crippen molar-refractivity contribution in [3.63, 3.8) is 0 Å². The summed E-state index contributed by atoms with van der Waals surface area (Å²) < 4.78 is 0. The van der Waals surface area contributed by atoms with Gasteiger partial charge in [0.25, 0.3) is 0 Å². The molecule has 0 radical (unpaired) electrons. The molecule has 17 heavy (non-hydrogen) atoms. The lowest BCUT2D eigenvalue weighted by Crippen LogP contribution is -2.52. The van der Waals surface area contributed by atoms with E-state index >= 15 is 0 Å². The van der Waals surface area contributed by atoms with Crippen molar-refractivity contribution in [1.29, 1.82) is 10.5 Å². The Hall–Kier alpha value is -1.06. The number of nitriles is 2. The summed E-state index contributed by atoms with van der Waals surface area (Å²) in [5.41, 5.74) is -0.0811. The third kappa shape index (κ3) is 0.927. The van der Waals surface area contributed by atoms with Crippen LogP contribution in [-0.2, 0) is 0 Å². The van der Waals surface area contributed by atoms with Crippen LogP contribution in [0.3, 0.4) is 0 Å². The Labute approximate surface area is 104 Å². The predicted octanol–water partition coefficient (Wildman–Crippen LogP) is 3.32. The van der Waals surface area contributed by atoms with E-state index in [4.69, 9.17) is 0 Å². The second-order valence-electron chi connectivity index (χ2n) is 6.99. The van der Waals surface area contributed by atoms with Gasteiger partial charge in [0.1, 0.15) is 0 Å². The Morgan fingerprint density at radius 2 is 1.41 bits per heavy atom. The molecule has 4 atom stereocenters. The summed E-state index contributed by atoms with van der Waals surface area (Å²) in [7, 11) is -1.32. The maximum atomic E-state index is 9.63. The molecule has 0 saturated heterocycles. The van der Waals surface area contributed by atoms with Gasteiger partial charge in [0.2, 0.25) is 0 Å². The summed E-state index contributed by atoms with van der Waals surface area (Å²) in [4.78, 5) is 0. The van der Waals surface area contributed by atoms with Crippen molar-refractivity contribution in [2.24, 2.45) is 22.7 Å². The fourth-order valence-electron chi connectivity index (χ4n) is 4.77. The maximum Gasteiger partial charge on any atom is 0.0828 e. The molecule has 4 unspecified atom stereocenters. The van der Waals surface area contributed by atoms with Crippen LogP contribution >= 0.6 is 0 Å². The minimum absolute atomic E-state index is 0.341. The summed E-state index contributed by atoms with van der Waals surface area (Å²) in [5.74, 6) is 0.718. The molecule has 0 N–H and O–H groups in total. The second-order valence-corrected chi connectivity index (χ2v) is 12.4. The Morgan fingerprint density at radius 3 is 1.65 bits per heavy atom. The molecule has 2 bridgehead atoms. The lowest BCUT2D eigenvalue weighted by atomic mass is 9.46. The molecule has 3 rings (SSSR count). The highest BCUT2D eigenvalue weighted by atomic mass is 28.3. The van der Waals surface area contributed by atoms with E-state index in [0.29, 0.717) is 17.4 Å². The molecule has 0 aromatic carbocycles. The molecule has 0 amide bonds. The fourth-order valence-corrected chi connectivity index (χ4v) is 7.72. The van der Waals surface area contributed by atoms with E-state index in [9.17, 15) is 10.5 Å². The second kappa shape index (κ2) is 2.84. The standard InChI is InChI=1S/C14H18N2Si/c1-17(2,3)12-10-4-5-11(12)14(9-16)7-6-13(10,14)8-15/h4-5,10-12H,6-7H2,1-3H3. The average molecular weight is 242 g/mol. The van der Waals surface area contributed by atoms with Crippen LogP contribution < -0.4 is 0 Å². The Bertz CT molecular complexity index is 452. The van der Waals surface area contributed by atoms with Crippen LogP contribution in [0, 0.1) is 45.3 Å². The maximum absolute atomic E-state index is 9.63. The van der Waals surface area contributed by atoms with Crippen LogP contribution in [0.1, 0.15) is 12.8 Å². The predicted molar refractivity (Wildman–Crippen MR) is 68.5 cm³/mol. The van der Waals surface area contributed by atoms with E-state index in [-0.39, 0.29) is 10.8 Å². The largest absolute Gasteiger partial charge is 0.198 e. The average Bonchev–Trinajstić information content (AvgIpc) is 2.69. The van der Waals surface area contributed by atoms with Gasteiger partial charge in [-0.15, -0.1) is 0 Å². The zero-order chi connectivity index (χ0) is 12.5. The molecule has 0 aliphatic heterocycles. The minimum Gasteiger partial charge on any atom is -0.198 e. The van der Waals surface area contributed by atoms with Gasteiger partial charge in [0, 0.05) is 8.07 Å². The first kappa shape index (κ1) is 11.1. The molecule has 0 aromatic rings. The van der Waals surface area contributed by atoms with Gasteiger partial charge in [0.05, 0.1) is 23.0 Å². The SMILES string of the molecule is C[Si](C)(C)C1C2C=CC1C1(C#N)CCC21C#N. The normalized spacial score (nSPS) is 50.3. The lowest BCUT2D eigenvalue weighted by molar-refractivity contribution is 0.0102. The number of hydrogen-bond donors (Lipinski definition) is 0. The Kier molecular flexibility index (Phi) is 1.85. The van der Waals surface area contributed by atoms with Crippen LogP contribution in [-0.4, -0.2) is 8.07 Å². The van der Waals surface area contributed by atoms with Gasteiger partial charge in [-0.25, -0.2) is 0 Å². The molecule has 3 aliphatic carbocycles. The first-order chi connectivity index (χ1) is 7.93. The van der Waals surface area contributed by atoms with Crippen LogP contribution in [0.2, 0.25) is 25.2 Å². The molecule has 0 spiro atoms. The summed E-state index contributed by atoms with van der Waals surface area (Å²) in [5, 5.41) is 19.3. The van der Waals surface area contributed by atoms with Gasteiger partial charge in [-0.1, -0.05) is 31.8 Å². The van der Waals surface area contributed by atoms with E-state index < -0.39 is 8.07 Å². The van der Waals surface area contributed by atoms with E-state index in [1.165, 1.54) is 0 Å². The third-order valence-corrected chi connectivity index (χ3v) is 8.26. The monoisotopic (exact) mass is 242 g/mol. The first-order valence-corrected chi connectivity index (χ1v) is 10.0. The quantitative estimate of drug-likeness (QED) is 0.523. The van der Waals surface area contributed by atoms with Gasteiger partial charge >= 0.3 is 0 Å². The van der Waals surface area contributed by atoms with Crippen LogP contribution in [0.4, 0.5) is 0 Å². The summed E-state index contributed by atoms with van der Waals surface area (Å²) in [6.45, 7) is 7.14. The third-order valence-electron chi connectivity index (χ3n) is 5.55. The number of hydrogen-bond acceptors (Lipinski definition) is 2. The smallest absolute Gasteiger partial charge is 0.0828 e. The number of allylic oxidation sites excluding steroid dienone is 2. The van der Waals surface area contributed by atoms with Gasteiger partial charge < -0.3 is 0 Å². The first-order valence-electron chi connectivity index (χ1n) is 6.44. The zero-order valence-electron chi connectivity index (χ0n) is 10.7. The van der Waals surface area contributed by atoms with Gasteiger partial charge in [0.15, 0.2) is 0 Å².